The molecule has 0 fully saturated rings. The second-order valence-corrected chi connectivity index (χ2v) is 9.20. The molecule has 0 saturated carbocycles. The molecule has 2 aromatic carbocycles. The van der Waals surface area contributed by atoms with Crippen molar-refractivity contribution in [2.24, 2.45) is 0 Å². The van der Waals surface area contributed by atoms with E-state index in [0.29, 0.717) is 17.1 Å². The summed E-state index contributed by atoms with van der Waals surface area (Å²) in [5.41, 5.74) is 0.285. The molecular weight excluding hydrogens is 449 g/mol. The Morgan fingerprint density at radius 2 is 1.82 bits per heavy atom. The first kappa shape index (κ1) is 24.2. The van der Waals surface area contributed by atoms with Crippen LogP contribution in [0.3, 0.4) is 0 Å². The topological polar surface area (TPSA) is 105 Å². The number of carbonyl (C=O) groups is 4. The van der Waals surface area contributed by atoms with E-state index in [0.717, 1.165) is 11.8 Å². The number of esters is 1. The fraction of sp³-hybridized carbons (Fsp3) is 0.304. The molecule has 1 heterocycles. The maximum Gasteiger partial charge on any atom is 0.319 e. The molecule has 1 aliphatic heterocycles. The molecule has 2 N–H and O–H groups in total. The van der Waals surface area contributed by atoms with Crippen LogP contribution in [-0.2, 0) is 23.9 Å². The largest absolute Gasteiger partial charge is 0.455 e. The minimum atomic E-state index is -1.17. The van der Waals surface area contributed by atoms with Crippen LogP contribution in [0.25, 0.3) is 0 Å². The lowest BCUT2D eigenvalue weighted by Crippen LogP contribution is -2.59. The molecule has 0 saturated heterocycles. The molecule has 8 nitrogen and oxygen atoms in total. The average molecular weight is 474 g/mol. The highest BCUT2D eigenvalue weighted by molar-refractivity contribution is 8.01. The molecule has 33 heavy (non-hydrogen) atoms. The van der Waals surface area contributed by atoms with Crippen molar-refractivity contribution in [2.75, 3.05) is 27.9 Å². The molecule has 0 aliphatic carbocycles. The van der Waals surface area contributed by atoms with E-state index in [1.165, 1.54) is 29.2 Å². The molecule has 1 unspecified atom stereocenters. The quantitative estimate of drug-likeness (QED) is 0.599. The van der Waals surface area contributed by atoms with Gasteiger partial charge in [0.05, 0.1) is 17.1 Å². The summed E-state index contributed by atoms with van der Waals surface area (Å²) in [7, 11) is 0. The third-order valence-corrected chi connectivity index (χ3v) is 6.14. The minimum Gasteiger partial charge on any atom is -0.455 e. The van der Waals surface area contributed by atoms with Crippen LogP contribution in [0.15, 0.2) is 48.5 Å². The van der Waals surface area contributed by atoms with Crippen LogP contribution in [0, 0.1) is 5.82 Å². The van der Waals surface area contributed by atoms with Crippen molar-refractivity contribution >= 4 is 52.5 Å². The Hall–Kier alpha value is -3.40. The summed E-state index contributed by atoms with van der Waals surface area (Å²) in [5, 5.41) is 4.66. The van der Waals surface area contributed by atoms with Crippen LogP contribution in [-0.4, -0.2) is 46.8 Å². The van der Waals surface area contributed by atoms with Crippen molar-refractivity contribution in [1.82, 2.24) is 0 Å². The molecule has 1 aliphatic rings. The van der Waals surface area contributed by atoms with Gasteiger partial charge in [-0.25, -0.2) is 4.39 Å². The second kappa shape index (κ2) is 10.0. The van der Waals surface area contributed by atoms with Crippen molar-refractivity contribution in [1.29, 1.82) is 0 Å². The average Bonchev–Trinajstić information content (AvgIpc) is 2.77. The fourth-order valence-electron chi connectivity index (χ4n) is 3.21. The Balaban J connectivity index is 1.53. The van der Waals surface area contributed by atoms with Crippen molar-refractivity contribution in [2.45, 2.75) is 31.6 Å². The number of amides is 3. The van der Waals surface area contributed by atoms with E-state index < -0.39 is 35.1 Å². The van der Waals surface area contributed by atoms with Crippen LogP contribution in [0.2, 0.25) is 0 Å². The third-order valence-electron chi connectivity index (χ3n) is 5.02. The van der Waals surface area contributed by atoms with E-state index >= 15 is 0 Å². The Labute approximate surface area is 194 Å². The van der Waals surface area contributed by atoms with Crippen LogP contribution in [0.1, 0.15) is 20.8 Å². The minimum absolute atomic E-state index is 0.0334. The van der Waals surface area contributed by atoms with Gasteiger partial charge in [-0.15, -0.1) is 11.8 Å². The van der Waals surface area contributed by atoms with Gasteiger partial charge in [0.15, 0.2) is 6.61 Å². The molecule has 1 atom stereocenters. The van der Waals surface area contributed by atoms with Crippen molar-refractivity contribution in [3.05, 3.63) is 54.3 Å². The first-order chi connectivity index (χ1) is 15.6. The lowest BCUT2D eigenvalue weighted by atomic mass is 9.96. The van der Waals surface area contributed by atoms with Gasteiger partial charge < -0.3 is 15.4 Å². The number of anilines is 3. The molecule has 0 aromatic heterocycles. The standard InChI is InChI=1S/C23H24FN3O5S/c1-14(33-13-19(28)25-16-10-8-15(24)9-11-16)21(30)32-12-20(29)27-18-7-5-4-6-17(18)26-22(31)23(27,2)3/h4-11,14H,12-13H2,1-3H3,(H,25,28)(H,26,31). The van der Waals surface area contributed by atoms with Gasteiger partial charge in [0.2, 0.25) is 11.8 Å². The van der Waals surface area contributed by atoms with E-state index in [9.17, 15) is 23.6 Å². The Kier molecular flexibility index (Phi) is 7.37. The molecule has 2 aromatic rings. The number of fused-ring (bicyclic) bond motifs is 1. The van der Waals surface area contributed by atoms with Gasteiger partial charge in [-0.05, 0) is 57.2 Å². The first-order valence-corrected chi connectivity index (χ1v) is 11.2. The summed E-state index contributed by atoms with van der Waals surface area (Å²) < 4.78 is 18.1. The molecule has 3 amide bonds. The zero-order valence-electron chi connectivity index (χ0n) is 18.4. The Bertz CT molecular complexity index is 1070. The number of rotatable bonds is 7. The summed E-state index contributed by atoms with van der Waals surface area (Å²) in [4.78, 5) is 51.1. The summed E-state index contributed by atoms with van der Waals surface area (Å²) in [6.45, 7) is 4.24. The number of thioether (sulfide) groups is 1. The third kappa shape index (κ3) is 5.70. The highest BCUT2D eigenvalue weighted by Crippen LogP contribution is 2.36. The van der Waals surface area contributed by atoms with Crippen LogP contribution >= 0.6 is 11.8 Å². The lowest BCUT2D eigenvalue weighted by Gasteiger charge is -2.41. The normalized spacial score (nSPS) is 15.2. The highest BCUT2D eigenvalue weighted by atomic mass is 32.2. The van der Waals surface area contributed by atoms with Gasteiger partial charge in [0.1, 0.15) is 16.6 Å². The van der Waals surface area contributed by atoms with Gasteiger partial charge in [-0.1, -0.05) is 12.1 Å². The SMILES string of the molecule is CC(SCC(=O)Nc1ccc(F)cc1)C(=O)OCC(=O)N1c2ccccc2NC(=O)C1(C)C. The van der Waals surface area contributed by atoms with E-state index in [4.69, 9.17) is 4.74 Å². The number of ether oxygens (including phenoxy) is 1. The van der Waals surface area contributed by atoms with Crippen LogP contribution in [0.4, 0.5) is 21.5 Å². The Morgan fingerprint density at radius 3 is 2.52 bits per heavy atom. The maximum atomic E-state index is 12.9. The summed E-state index contributed by atoms with van der Waals surface area (Å²) in [6.07, 6.45) is 0. The zero-order valence-corrected chi connectivity index (χ0v) is 19.2. The fourth-order valence-corrected chi connectivity index (χ4v) is 3.89. The van der Waals surface area contributed by atoms with Crippen molar-refractivity contribution < 1.29 is 28.3 Å². The molecule has 0 radical (unpaired) electrons. The number of carbonyl (C=O) groups excluding carboxylic acids is 4. The predicted molar refractivity (Wildman–Crippen MR) is 125 cm³/mol. The van der Waals surface area contributed by atoms with E-state index in [2.05, 4.69) is 10.6 Å². The Morgan fingerprint density at radius 1 is 1.15 bits per heavy atom. The predicted octanol–water partition coefficient (Wildman–Crippen LogP) is 3.19. The van der Waals surface area contributed by atoms with E-state index in [1.807, 2.05) is 0 Å². The first-order valence-electron chi connectivity index (χ1n) is 10.2. The number of nitrogens with one attached hydrogen (secondary N) is 2. The molecule has 0 bridgehead atoms. The summed E-state index contributed by atoms with van der Waals surface area (Å²) in [5.74, 6) is -2.35. The van der Waals surface area contributed by atoms with Gasteiger partial charge >= 0.3 is 5.97 Å². The van der Waals surface area contributed by atoms with Crippen molar-refractivity contribution in [3.8, 4) is 0 Å². The number of benzene rings is 2. The van der Waals surface area contributed by atoms with Gasteiger partial charge in [-0.3, -0.25) is 24.1 Å². The van der Waals surface area contributed by atoms with Gasteiger partial charge in [0, 0.05) is 5.69 Å². The number of hydrogen-bond acceptors (Lipinski definition) is 6. The smallest absolute Gasteiger partial charge is 0.319 e. The molecule has 10 heteroatoms. The number of para-hydroxylation sites is 2. The molecule has 174 valence electrons. The number of nitrogens with zero attached hydrogens (tertiary/aromatic N) is 1. The maximum absolute atomic E-state index is 12.9. The van der Waals surface area contributed by atoms with Crippen molar-refractivity contribution in [3.63, 3.8) is 0 Å². The van der Waals surface area contributed by atoms with E-state index in [-0.39, 0.29) is 17.6 Å². The monoisotopic (exact) mass is 473 g/mol. The molecular formula is C23H24FN3O5S. The lowest BCUT2D eigenvalue weighted by molar-refractivity contribution is -0.147. The van der Waals surface area contributed by atoms with Gasteiger partial charge in [-0.2, -0.15) is 0 Å². The van der Waals surface area contributed by atoms with Crippen LogP contribution in [0.5, 0.6) is 0 Å². The van der Waals surface area contributed by atoms with E-state index in [1.54, 1.807) is 45.0 Å². The number of hydrogen-bond donors (Lipinski definition) is 2. The van der Waals surface area contributed by atoms with Crippen LogP contribution < -0.4 is 15.5 Å². The van der Waals surface area contributed by atoms with Gasteiger partial charge in [0.25, 0.3) is 5.91 Å². The zero-order chi connectivity index (χ0) is 24.2. The highest BCUT2D eigenvalue weighted by Gasteiger charge is 2.43. The second-order valence-electron chi connectivity index (χ2n) is 7.88. The molecule has 3 rings (SSSR count). The molecule has 0 spiro atoms. The number of halogens is 1. The summed E-state index contributed by atoms with van der Waals surface area (Å²) in [6, 6.07) is 12.2. The summed E-state index contributed by atoms with van der Waals surface area (Å²) >= 11 is 1.04.